The SMILES string of the molecule is CC(c1ccccn1)C12CNCCC1=CC(Nc1ccc(F)cc1)=C(C=N)C2. The van der Waals surface area contributed by atoms with E-state index in [1.165, 1.54) is 23.9 Å². The Morgan fingerprint density at radius 2 is 2.07 bits per heavy atom. The van der Waals surface area contributed by atoms with Crippen LogP contribution in [0.4, 0.5) is 10.1 Å². The number of pyridine rings is 1. The molecule has 0 bridgehead atoms. The Balaban J connectivity index is 1.70. The fourth-order valence-electron chi connectivity index (χ4n) is 4.42. The summed E-state index contributed by atoms with van der Waals surface area (Å²) in [7, 11) is 0. The molecule has 1 saturated heterocycles. The second-order valence-electron chi connectivity index (χ2n) is 7.62. The quantitative estimate of drug-likeness (QED) is 0.666. The number of fused-ring (bicyclic) bond motifs is 1. The zero-order valence-corrected chi connectivity index (χ0v) is 16.0. The molecule has 4 nitrogen and oxygen atoms in total. The number of halogens is 1. The number of nitrogens with one attached hydrogen (secondary N) is 3. The summed E-state index contributed by atoms with van der Waals surface area (Å²) in [5, 5.41) is 15.0. The standard InChI is InChI=1S/C23H25FN4/c1-16(21-4-2-3-10-27-21)23-13-17(14-25)22(12-18(23)9-11-26-15-23)28-20-7-5-19(24)6-8-20/h2-8,10,12,14,16,25-26,28H,9,11,13,15H2,1H3. The normalized spacial score (nSPS) is 22.9. The van der Waals surface area contributed by atoms with Gasteiger partial charge in [0.2, 0.25) is 0 Å². The predicted molar refractivity (Wildman–Crippen MR) is 111 cm³/mol. The van der Waals surface area contributed by atoms with E-state index < -0.39 is 0 Å². The lowest BCUT2D eigenvalue weighted by molar-refractivity contribution is 0.239. The molecule has 5 heteroatoms. The van der Waals surface area contributed by atoms with Crippen LogP contribution < -0.4 is 10.6 Å². The summed E-state index contributed by atoms with van der Waals surface area (Å²) in [5.41, 5.74) is 5.10. The molecule has 1 aliphatic carbocycles. The van der Waals surface area contributed by atoms with Gasteiger partial charge in [0.1, 0.15) is 5.82 Å². The lowest BCUT2D eigenvalue weighted by Gasteiger charge is -2.47. The van der Waals surface area contributed by atoms with Gasteiger partial charge in [-0.15, -0.1) is 0 Å². The minimum atomic E-state index is -0.254. The molecule has 144 valence electrons. The number of hydrogen-bond donors (Lipinski definition) is 3. The van der Waals surface area contributed by atoms with Crippen LogP contribution in [0.2, 0.25) is 0 Å². The van der Waals surface area contributed by atoms with Crippen molar-refractivity contribution in [2.75, 3.05) is 18.4 Å². The van der Waals surface area contributed by atoms with Crippen molar-refractivity contribution in [2.45, 2.75) is 25.7 Å². The summed E-state index contributed by atoms with van der Waals surface area (Å²) in [6.07, 6.45) is 7.24. The van der Waals surface area contributed by atoms with Crippen molar-refractivity contribution in [1.29, 1.82) is 5.41 Å². The summed E-state index contributed by atoms with van der Waals surface area (Å²) < 4.78 is 13.2. The first kappa shape index (κ1) is 18.6. The number of rotatable bonds is 5. The van der Waals surface area contributed by atoms with E-state index in [0.717, 1.165) is 48.6 Å². The van der Waals surface area contributed by atoms with E-state index in [2.05, 4.69) is 34.7 Å². The highest BCUT2D eigenvalue weighted by molar-refractivity contribution is 5.81. The van der Waals surface area contributed by atoms with Gasteiger partial charge in [-0.2, -0.15) is 0 Å². The molecule has 2 heterocycles. The Morgan fingerprint density at radius 3 is 2.79 bits per heavy atom. The van der Waals surface area contributed by atoms with Gasteiger partial charge in [0.25, 0.3) is 0 Å². The molecule has 0 amide bonds. The number of anilines is 1. The van der Waals surface area contributed by atoms with Crippen LogP contribution in [-0.2, 0) is 0 Å². The molecule has 1 aromatic heterocycles. The fourth-order valence-corrected chi connectivity index (χ4v) is 4.42. The highest BCUT2D eigenvalue weighted by Gasteiger charge is 2.45. The molecule has 3 N–H and O–H groups in total. The number of nitrogens with zero attached hydrogens (tertiary/aromatic N) is 1. The van der Waals surface area contributed by atoms with Gasteiger partial charge in [0, 0.05) is 47.4 Å². The summed E-state index contributed by atoms with van der Waals surface area (Å²) in [5.74, 6) is -0.0227. The molecule has 4 rings (SSSR count). The van der Waals surface area contributed by atoms with Crippen LogP contribution in [0.15, 0.2) is 71.6 Å². The molecule has 2 aromatic rings. The van der Waals surface area contributed by atoms with Crippen LogP contribution >= 0.6 is 0 Å². The summed E-state index contributed by atoms with van der Waals surface area (Å²) in [6.45, 7) is 4.06. The minimum absolute atomic E-state index is 0.0898. The predicted octanol–water partition coefficient (Wildman–Crippen LogP) is 4.65. The maximum absolute atomic E-state index is 13.2. The topological polar surface area (TPSA) is 60.8 Å². The molecule has 0 spiro atoms. The fraction of sp³-hybridized carbons (Fsp3) is 0.304. The lowest BCUT2D eigenvalue weighted by Crippen LogP contribution is -2.47. The molecule has 1 aromatic carbocycles. The van der Waals surface area contributed by atoms with Crippen molar-refractivity contribution in [3.63, 3.8) is 0 Å². The number of aromatic nitrogens is 1. The second-order valence-corrected chi connectivity index (χ2v) is 7.62. The van der Waals surface area contributed by atoms with Crippen LogP contribution in [0.5, 0.6) is 0 Å². The molecule has 1 aliphatic heterocycles. The van der Waals surface area contributed by atoms with E-state index in [4.69, 9.17) is 5.41 Å². The van der Waals surface area contributed by atoms with E-state index in [1.807, 2.05) is 18.3 Å². The summed E-state index contributed by atoms with van der Waals surface area (Å²) >= 11 is 0. The van der Waals surface area contributed by atoms with Gasteiger partial charge in [-0.1, -0.05) is 18.6 Å². The molecule has 1 fully saturated rings. The maximum Gasteiger partial charge on any atom is 0.123 e. The molecular formula is C23H25FN4. The molecular weight excluding hydrogens is 351 g/mol. The highest BCUT2D eigenvalue weighted by atomic mass is 19.1. The van der Waals surface area contributed by atoms with Gasteiger partial charge < -0.3 is 16.0 Å². The number of piperidine rings is 1. The van der Waals surface area contributed by atoms with Gasteiger partial charge in [0.15, 0.2) is 0 Å². The lowest BCUT2D eigenvalue weighted by atomic mass is 9.61. The number of benzene rings is 1. The average molecular weight is 376 g/mol. The Kier molecular flexibility index (Phi) is 5.09. The molecule has 28 heavy (non-hydrogen) atoms. The molecule has 0 saturated carbocycles. The van der Waals surface area contributed by atoms with Crippen molar-refractivity contribution < 1.29 is 4.39 Å². The van der Waals surface area contributed by atoms with Crippen molar-refractivity contribution >= 4 is 11.9 Å². The largest absolute Gasteiger partial charge is 0.355 e. The average Bonchev–Trinajstić information content (AvgIpc) is 2.75. The molecule has 2 unspecified atom stereocenters. The first-order valence-corrected chi connectivity index (χ1v) is 9.71. The third-order valence-corrected chi connectivity index (χ3v) is 6.08. The van der Waals surface area contributed by atoms with Crippen molar-refractivity contribution in [3.8, 4) is 0 Å². The van der Waals surface area contributed by atoms with Crippen LogP contribution in [0.25, 0.3) is 0 Å². The third kappa shape index (κ3) is 3.38. The van der Waals surface area contributed by atoms with Gasteiger partial charge in [-0.05, 0) is 67.4 Å². The monoisotopic (exact) mass is 376 g/mol. The zero-order chi connectivity index (χ0) is 19.6. The van der Waals surface area contributed by atoms with E-state index in [9.17, 15) is 4.39 Å². The molecule has 2 aliphatic rings. The van der Waals surface area contributed by atoms with Crippen LogP contribution in [0, 0.1) is 16.6 Å². The number of hydrogen-bond acceptors (Lipinski definition) is 4. The molecule has 2 atom stereocenters. The van der Waals surface area contributed by atoms with Gasteiger partial charge in [-0.25, -0.2) is 4.39 Å². The first-order valence-electron chi connectivity index (χ1n) is 9.71. The summed E-state index contributed by atoms with van der Waals surface area (Å²) in [4.78, 5) is 4.61. The van der Waals surface area contributed by atoms with Crippen LogP contribution in [0.3, 0.4) is 0 Å². The maximum atomic E-state index is 13.2. The Bertz CT molecular complexity index is 917. The third-order valence-electron chi connectivity index (χ3n) is 6.08. The smallest absolute Gasteiger partial charge is 0.123 e. The molecule has 0 radical (unpaired) electrons. The Hall–Kier alpha value is -2.79. The Labute approximate surface area is 165 Å². The van der Waals surface area contributed by atoms with Gasteiger partial charge in [-0.3, -0.25) is 4.98 Å². The number of allylic oxidation sites excluding steroid dienone is 2. The Morgan fingerprint density at radius 1 is 1.25 bits per heavy atom. The van der Waals surface area contributed by atoms with E-state index in [-0.39, 0.29) is 17.2 Å². The van der Waals surface area contributed by atoms with Crippen LogP contribution in [0.1, 0.15) is 31.4 Å². The first-order chi connectivity index (χ1) is 13.6. The van der Waals surface area contributed by atoms with Crippen molar-refractivity contribution in [1.82, 2.24) is 10.3 Å². The minimum Gasteiger partial charge on any atom is -0.355 e. The van der Waals surface area contributed by atoms with Gasteiger partial charge in [0.05, 0.1) is 0 Å². The van der Waals surface area contributed by atoms with E-state index in [1.54, 1.807) is 12.1 Å². The highest BCUT2D eigenvalue weighted by Crippen LogP contribution is 2.51. The van der Waals surface area contributed by atoms with E-state index >= 15 is 0 Å². The van der Waals surface area contributed by atoms with Crippen LogP contribution in [-0.4, -0.2) is 24.3 Å². The van der Waals surface area contributed by atoms with Crippen molar-refractivity contribution in [3.05, 3.63) is 83.1 Å². The van der Waals surface area contributed by atoms with E-state index in [0.29, 0.717) is 0 Å². The second kappa shape index (κ2) is 7.68. The van der Waals surface area contributed by atoms with Gasteiger partial charge >= 0.3 is 0 Å². The summed E-state index contributed by atoms with van der Waals surface area (Å²) in [6, 6.07) is 12.4. The zero-order valence-electron chi connectivity index (χ0n) is 16.0. The van der Waals surface area contributed by atoms with Crippen molar-refractivity contribution in [2.24, 2.45) is 5.41 Å².